The van der Waals surface area contributed by atoms with Crippen molar-refractivity contribution in [3.05, 3.63) is 0 Å². The number of hydrogen-bond acceptors (Lipinski definition) is 1. The maximum atomic E-state index is 10.2. The fourth-order valence-electron chi connectivity index (χ4n) is 0.571. The molecule has 1 rings (SSSR count). The minimum atomic E-state index is -0.986. The summed E-state index contributed by atoms with van der Waals surface area (Å²) in [7, 11) is 0. The number of carbonyl (C=O) groups is 1. The van der Waals surface area contributed by atoms with E-state index in [4.69, 9.17) is 0 Å². The zero-order valence-corrected chi connectivity index (χ0v) is 3.81. The quantitative estimate of drug-likeness (QED) is 0.430. The molecule has 0 aromatic carbocycles. The van der Waals surface area contributed by atoms with Gasteiger partial charge in [-0.2, -0.15) is 0 Å². The minimum Gasteiger partial charge on any atom is -0.354 e. The van der Waals surface area contributed by atoms with Crippen molar-refractivity contribution in [1.29, 1.82) is 0 Å². The topological polar surface area (TPSA) is 49.0 Å². The van der Waals surface area contributed by atoms with Crippen molar-refractivity contribution in [2.24, 2.45) is 0 Å². The van der Waals surface area contributed by atoms with Gasteiger partial charge < -0.3 is 5.32 Å². The molecule has 0 saturated carbocycles. The zero-order chi connectivity index (χ0) is 5.28. The molecule has 1 amide bonds. The van der Waals surface area contributed by atoms with E-state index in [1.54, 1.807) is 0 Å². The van der Waals surface area contributed by atoms with Crippen LogP contribution in [0.15, 0.2) is 0 Å². The van der Waals surface area contributed by atoms with E-state index < -0.39 is 6.10 Å². The van der Waals surface area contributed by atoms with Gasteiger partial charge in [-0.3, -0.25) is 4.79 Å². The van der Waals surface area contributed by atoms with Crippen LogP contribution in [0.3, 0.4) is 0 Å². The minimum absolute atomic E-state index is 0.347. The maximum absolute atomic E-state index is 10.2. The van der Waals surface area contributed by atoms with Crippen LogP contribution < -0.4 is 5.32 Å². The van der Waals surface area contributed by atoms with Gasteiger partial charge in [0.05, 0.1) is 0 Å². The van der Waals surface area contributed by atoms with E-state index in [2.05, 4.69) is 5.32 Å². The third kappa shape index (κ3) is 0.718. The van der Waals surface area contributed by atoms with E-state index in [0.29, 0.717) is 13.0 Å². The number of carbonyl (C=O) groups excluding carboxylic acids is 1. The van der Waals surface area contributed by atoms with Gasteiger partial charge in [0.2, 0.25) is 0 Å². The number of hydrogen-bond donors (Lipinski definition) is 1. The Morgan fingerprint density at radius 3 is 2.57 bits per heavy atom. The second-order valence-corrected chi connectivity index (χ2v) is 1.57. The Bertz CT molecular complexity index is 91.7. The Morgan fingerprint density at radius 1 is 1.71 bits per heavy atom. The van der Waals surface area contributed by atoms with E-state index >= 15 is 0 Å². The second kappa shape index (κ2) is 1.50. The highest BCUT2D eigenvalue weighted by molar-refractivity contribution is 5.82. The molecule has 1 unspecified atom stereocenters. The summed E-state index contributed by atoms with van der Waals surface area (Å²) >= 11 is 0. The average molecular weight is 100 g/mol. The third-order valence-corrected chi connectivity index (χ3v) is 0.998. The number of rotatable bonds is 0. The van der Waals surface area contributed by atoms with E-state index in [1.807, 2.05) is 0 Å². The van der Waals surface area contributed by atoms with Crippen molar-refractivity contribution in [2.75, 3.05) is 6.54 Å². The summed E-state index contributed by atoms with van der Waals surface area (Å²) in [5, 5.41) is 12.7. The summed E-state index contributed by atoms with van der Waals surface area (Å²) in [4.78, 5) is 10.2. The lowest BCUT2D eigenvalue weighted by Crippen LogP contribution is -2.21. The van der Waals surface area contributed by atoms with Crippen LogP contribution in [0.25, 0.3) is 0 Å². The van der Waals surface area contributed by atoms with Gasteiger partial charge in [0.15, 0.2) is 6.10 Å². The molecule has 0 aromatic heterocycles. The first-order chi connectivity index (χ1) is 3.30. The Labute approximate surface area is 41.3 Å². The normalized spacial score (nSPS) is 30.4. The molecule has 1 aliphatic rings. The second-order valence-electron chi connectivity index (χ2n) is 1.57. The van der Waals surface area contributed by atoms with Gasteiger partial charge >= 0.3 is 0 Å². The van der Waals surface area contributed by atoms with Gasteiger partial charge in [0.25, 0.3) is 5.91 Å². The van der Waals surface area contributed by atoms with Crippen LogP contribution in [0, 0.1) is 0 Å². The fraction of sp³-hybridized carbons (Fsp3) is 0.750. The van der Waals surface area contributed by atoms with Crippen LogP contribution in [0.1, 0.15) is 6.42 Å². The van der Waals surface area contributed by atoms with Crippen LogP contribution >= 0.6 is 0 Å². The lowest BCUT2D eigenvalue weighted by Gasteiger charge is -1.86. The van der Waals surface area contributed by atoms with Crippen LogP contribution in [0.5, 0.6) is 0 Å². The Hall–Kier alpha value is -0.570. The molecule has 1 saturated heterocycles. The predicted octanol–water partition coefficient (Wildman–Crippen LogP) is -0.695. The molecular formula is C4H6NO2. The van der Waals surface area contributed by atoms with Crippen LogP contribution in [-0.4, -0.2) is 18.6 Å². The molecule has 1 fully saturated rings. The molecule has 7 heavy (non-hydrogen) atoms. The number of amides is 1. The highest BCUT2D eigenvalue weighted by Crippen LogP contribution is 1.97. The van der Waals surface area contributed by atoms with E-state index in [-0.39, 0.29) is 5.91 Å². The summed E-state index contributed by atoms with van der Waals surface area (Å²) in [6.45, 7) is 0.563. The van der Waals surface area contributed by atoms with Gasteiger partial charge in [-0.25, -0.2) is 5.11 Å². The van der Waals surface area contributed by atoms with Crippen molar-refractivity contribution >= 4 is 5.91 Å². The molecule has 0 spiro atoms. The molecule has 1 heterocycles. The number of nitrogens with one attached hydrogen (secondary N) is 1. The van der Waals surface area contributed by atoms with Gasteiger partial charge in [-0.1, -0.05) is 0 Å². The van der Waals surface area contributed by atoms with Gasteiger partial charge in [-0.05, 0) is 0 Å². The fourth-order valence-corrected chi connectivity index (χ4v) is 0.571. The van der Waals surface area contributed by atoms with Crippen LogP contribution in [0.2, 0.25) is 0 Å². The van der Waals surface area contributed by atoms with Crippen LogP contribution in [-0.2, 0) is 9.90 Å². The standard InChI is InChI=1S/C4H6NO2/c6-3-1-2-5-4(3)7/h3H,1-2H2,(H,5,7). The average Bonchev–Trinajstić information content (AvgIpc) is 1.91. The Balaban J connectivity index is 2.48. The molecule has 3 heteroatoms. The molecule has 1 N–H and O–H groups in total. The SMILES string of the molecule is [O]C1CCNC1=O. The molecule has 3 nitrogen and oxygen atoms in total. The molecule has 0 bridgehead atoms. The molecule has 1 radical (unpaired) electrons. The summed E-state index contributed by atoms with van der Waals surface area (Å²) in [5.74, 6) is -0.347. The molecule has 0 aromatic rings. The van der Waals surface area contributed by atoms with Crippen LogP contribution in [0.4, 0.5) is 0 Å². The molecule has 1 atom stereocenters. The highest BCUT2D eigenvalue weighted by Gasteiger charge is 2.21. The van der Waals surface area contributed by atoms with Gasteiger partial charge in [0, 0.05) is 13.0 Å². The van der Waals surface area contributed by atoms with E-state index in [0.717, 1.165) is 0 Å². The lowest BCUT2D eigenvalue weighted by atomic mass is 10.3. The van der Waals surface area contributed by atoms with E-state index in [1.165, 1.54) is 0 Å². The Morgan fingerprint density at radius 2 is 2.43 bits per heavy atom. The summed E-state index contributed by atoms with van der Waals surface area (Å²) in [6, 6.07) is 0. The highest BCUT2D eigenvalue weighted by atomic mass is 16.3. The molecule has 0 aliphatic carbocycles. The Kier molecular flexibility index (Phi) is 0.982. The first-order valence-electron chi connectivity index (χ1n) is 2.24. The largest absolute Gasteiger partial charge is 0.354 e. The van der Waals surface area contributed by atoms with Crippen molar-refractivity contribution in [3.8, 4) is 0 Å². The van der Waals surface area contributed by atoms with Crippen molar-refractivity contribution in [2.45, 2.75) is 12.5 Å². The van der Waals surface area contributed by atoms with E-state index in [9.17, 15) is 9.90 Å². The maximum Gasteiger partial charge on any atom is 0.252 e. The summed E-state index contributed by atoms with van der Waals surface area (Å²) in [6.07, 6.45) is -0.529. The first kappa shape index (κ1) is 4.59. The molecule has 1 aliphatic heterocycles. The van der Waals surface area contributed by atoms with Crippen molar-refractivity contribution < 1.29 is 9.90 Å². The van der Waals surface area contributed by atoms with Gasteiger partial charge in [0.1, 0.15) is 0 Å². The third-order valence-electron chi connectivity index (χ3n) is 0.998. The smallest absolute Gasteiger partial charge is 0.252 e. The summed E-state index contributed by atoms with van der Waals surface area (Å²) in [5.41, 5.74) is 0. The van der Waals surface area contributed by atoms with Crippen molar-refractivity contribution in [1.82, 2.24) is 5.32 Å². The predicted molar refractivity (Wildman–Crippen MR) is 22.1 cm³/mol. The van der Waals surface area contributed by atoms with Gasteiger partial charge in [-0.15, -0.1) is 0 Å². The van der Waals surface area contributed by atoms with Crippen molar-refractivity contribution in [3.63, 3.8) is 0 Å². The lowest BCUT2D eigenvalue weighted by molar-refractivity contribution is -0.128. The molecular weight excluding hydrogens is 94.0 g/mol. The molecule has 39 valence electrons. The first-order valence-corrected chi connectivity index (χ1v) is 2.24. The monoisotopic (exact) mass is 100 g/mol. The zero-order valence-electron chi connectivity index (χ0n) is 3.81. The summed E-state index contributed by atoms with van der Waals surface area (Å²) < 4.78 is 0.